The van der Waals surface area contributed by atoms with Gasteiger partial charge in [0.15, 0.2) is 0 Å². The number of hydrogen-bond acceptors (Lipinski definition) is 3. The zero-order valence-electron chi connectivity index (χ0n) is 10.2. The number of nitrogens with one attached hydrogen (secondary N) is 1. The molecule has 1 aromatic rings. The minimum atomic E-state index is -0.190. The van der Waals surface area contributed by atoms with E-state index in [2.05, 4.69) is 12.3 Å². The highest BCUT2D eigenvalue weighted by molar-refractivity contribution is 5.27. The van der Waals surface area contributed by atoms with Gasteiger partial charge in [-0.15, -0.1) is 0 Å². The third kappa shape index (κ3) is 2.65. The Kier molecular flexibility index (Phi) is 3.76. The summed E-state index contributed by atoms with van der Waals surface area (Å²) in [6.45, 7) is 3.81. The molecular weight excluding hydrogens is 219 g/mol. The van der Waals surface area contributed by atoms with Gasteiger partial charge in [-0.05, 0) is 43.9 Å². The first-order chi connectivity index (χ1) is 8.11. The highest BCUT2D eigenvalue weighted by atomic mass is 19.1. The van der Waals surface area contributed by atoms with E-state index in [0.717, 1.165) is 18.4 Å². The highest BCUT2D eigenvalue weighted by Gasteiger charge is 2.30. The number of hydrazine groups is 1. The van der Waals surface area contributed by atoms with Crippen molar-refractivity contribution in [2.24, 2.45) is 5.84 Å². The van der Waals surface area contributed by atoms with Crippen molar-refractivity contribution < 1.29 is 9.13 Å². The van der Waals surface area contributed by atoms with E-state index in [4.69, 9.17) is 10.6 Å². The van der Waals surface area contributed by atoms with E-state index in [1.807, 2.05) is 6.07 Å². The standard InChI is InChI=1S/C13H19FN2O/c1-8-7-10(4-5-11(8)14)13(16-15)12-6-3-9(2)17-12/h4-5,7,9,12-13,16H,3,6,15H2,1-2H3. The lowest BCUT2D eigenvalue weighted by Crippen LogP contribution is -2.36. The van der Waals surface area contributed by atoms with Gasteiger partial charge < -0.3 is 4.74 Å². The Labute approximate surface area is 101 Å². The van der Waals surface area contributed by atoms with Crippen molar-refractivity contribution in [3.63, 3.8) is 0 Å². The summed E-state index contributed by atoms with van der Waals surface area (Å²) in [5, 5.41) is 0. The fraction of sp³-hybridized carbons (Fsp3) is 0.538. The van der Waals surface area contributed by atoms with E-state index >= 15 is 0 Å². The lowest BCUT2D eigenvalue weighted by molar-refractivity contribution is 0.0316. The summed E-state index contributed by atoms with van der Waals surface area (Å²) in [4.78, 5) is 0. The molecule has 0 saturated carbocycles. The van der Waals surface area contributed by atoms with Gasteiger partial charge in [0.1, 0.15) is 5.82 Å². The Morgan fingerprint density at radius 2 is 2.24 bits per heavy atom. The van der Waals surface area contributed by atoms with Crippen LogP contribution in [0.3, 0.4) is 0 Å². The highest BCUT2D eigenvalue weighted by Crippen LogP contribution is 2.30. The first kappa shape index (κ1) is 12.5. The zero-order chi connectivity index (χ0) is 12.4. The molecule has 0 amide bonds. The molecular formula is C13H19FN2O. The average molecular weight is 238 g/mol. The van der Waals surface area contributed by atoms with Crippen LogP contribution in [0, 0.1) is 12.7 Å². The van der Waals surface area contributed by atoms with Crippen molar-refractivity contribution in [3.8, 4) is 0 Å². The molecule has 1 aliphatic rings. The van der Waals surface area contributed by atoms with E-state index in [-0.39, 0.29) is 24.1 Å². The molecule has 1 fully saturated rings. The second-order valence-corrected chi connectivity index (χ2v) is 4.72. The van der Waals surface area contributed by atoms with Crippen LogP contribution in [0.1, 0.15) is 36.9 Å². The first-order valence-electron chi connectivity index (χ1n) is 5.99. The number of benzene rings is 1. The summed E-state index contributed by atoms with van der Waals surface area (Å²) in [6.07, 6.45) is 2.37. The molecule has 0 radical (unpaired) electrons. The number of aryl methyl sites for hydroxylation is 1. The number of halogens is 1. The van der Waals surface area contributed by atoms with Gasteiger partial charge in [0.05, 0.1) is 18.2 Å². The summed E-state index contributed by atoms with van der Waals surface area (Å²) in [5.74, 6) is 5.40. The lowest BCUT2D eigenvalue weighted by Gasteiger charge is -2.23. The SMILES string of the molecule is Cc1cc(C(NN)C2CCC(C)O2)ccc1F. The molecule has 3 atom stereocenters. The molecule has 0 bridgehead atoms. The smallest absolute Gasteiger partial charge is 0.126 e. The first-order valence-corrected chi connectivity index (χ1v) is 5.99. The van der Waals surface area contributed by atoms with Crippen molar-refractivity contribution in [1.82, 2.24) is 5.43 Å². The summed E-state index contributed by atoms with van der Waals surface area (Å²) >= 11 is 0. The second-order valence-electron chi connectivity index (χ2n) is 4.72. The normalized spacial score (nSPS) is 26.1. The summed E-state index contributed by atoms with van der Waals surface area (Å²) in [6, 6.07) is 5.00. The van der Waals surface area contributed by atoms with E-state index in [1.54, 1.807) is 13.0 Å². The summed E-state index contributed by atoms with van der Waals surface area (Å²) < 4.78 is 19.0. The maximum Gasteiger partial charge on any atom is 0.126 e. The van der Waals surface area contributed by atoms with Crippen LogP contribution < -0.4 is 11.3 Å². The Morgan fingerprint density at radius 3 is 2.76 bits per heavy atom. The van der Waals surface area contributed by atoms with Gasteiger partial charge in [0.25, 0.3) is 0 Å². The maximum absolute atomic E-state index is 13.2. The average Bonchev–Trinajstić information content (AvgIpc) is 2.71. The number of hydrogen-bond donors (Lipinski definition) is 2. The largest absolute Gasteiger partial charge is 0.373 e. The number of nitrogens with two attached hydrogens (primary N) is 1. The molecule has 4 heteroatoms. The molecule has 2 rings (SSSR count). The van der Waals surface area contributed by atoms with Crippen molar-refractivity contribution in [3.05, 3.63) is 35.1 Å². The molecule has 1 heterocycles. The monoisotopic (exact) mass is 238 g/mol. The third-order valence-corrected chi connectivity index (χ3v) is 3.36. The summed E-state index contributed by atoms with van der Waals surface area (Å²) in [7, 11) is 0. The fourth-order valence-corrected chi connectivity index (χ4v) is 2.36. The molecule has 1 saturated heterocycles. The number of rotatable bonds is 3. The van der Waals surface area contributed by atoms with E-state index in [9.17, 15) is 4.39 Å². The fourth-order valence-electron chi connectivity index (χ4n) is 2.36. The molecule has 1 aliphatic heterocycles. The molecule has 17 heavy (non-hydrogen) atoms. The molecule has 3 N–H and O–H groups in total. The molecule has 0 spiro atoms. The van der Waals surface area contributed by atoms with E-state index in [0.29, 0.717) is 5.56 Å². The molecule has 3 nitrogen and oxygen atoms in total. The van der Waals surface area contributed by atoms with Crippen molar-refractivity contribution >= 4 is 0 Å². The second kappa shape index (κ2) is 5.12. The van der Waals surface area contributed by atoms with Crippen LogP contribution >= 0.6 is 0 Å². The molecule has 0 aliphatic carbocycles. The zero-order valence-corrected chi connectivity index (χ0v) is 10.2. The Morgan fingerprint density at radius 1 is 1.47 bits per heavy atom. The number of ether oxygens (including phenoxy) is 1. The van der Waals surface area contributed by atoms with Gasteiger partial charge in [-0.3, -0.25) is 11.3 Å². The maximum atomic E-state index is 13.2. The van der Waals surface area contributed by atoms with E-state index in [1.165, 1.54) is 6.07 Å². The van der Waals surface area contributed by atoms with Crippen LogP contribution in [0.25, 0.3) is 0 Å². The van der Waals surface area contributed by atoms with Crippen molar-refractivity contribution in [1.29, 1.82) is 0 Å². The van der Waals surface area contributed by atoms with Gasteiger partial charge in [-0.1, -0.05) is 12.1 Å². The molecule has 3 unspecified atom stereocenters. The Hall–Kier alpha value is -0.970. The molecule has 94 valence electrons. The topological polar surface area (TPSA) is 47.3 Å². The molecule has 1 aromatic carbocycles. The molecule has 0 aromatic heterocycles. The van der Waals surface area contributed by atoms with Crippen LogP contribution in [0.4, 0.5) is 4.39 Å². The van der Waals surface area contributed by atoms with Gasteiger partial charge in [-0.2, -0.15) is 0 Å². The van der Waals surface area contributed by atoms with Gasteiger partial charge in [0, 0.05) is 0 Å². The van der Waals surface area contributed by atoms with Crippen LogP contribution in [0.2, 0.25) is 0 Å². The minimum Gasteiger partial charge on any atom is -0.373 e. The van der Waals surface area contributed by atoms with Crippen molar-refractivity contribution in [2.45, 2.75) is 44.9 Å². The van der Waals surface area contributed by atoms with Gasteiger partial charge >= 0.3 is 0 Å². The predicted octanol–water partition coefficient (Wildman–Crippen LogP) is 2.21. The quantitative estimate of drug-likeness (QED) is 0.627. The third-order valence-electron chi connectivity index (χ3n) is 3.36. The van der Waals surface area contributed by atoms with Crippen LogP contribution in [-0.2, 0) is 4.74 Å². The van der Waals surface area contributed by atoms with Gasteiger partial charge in [0.2, 0.25) is 0 Å². The lowest BCUT2D eigenvalue weighted by atomic mass is 9.98. The Balaban J connectivity index is 2.20. The summed E-state index contributed by atoms with van der Waals surface area (Å²) in [5.41, 5.74) is 4.39. The van der Waals surface area contributed by atoms with E-state index < -0.39 is 0 Å². The van der Waals surface area contributed by atoms with Crippen LogP contribution in [0.15, 0.2) is 18.2 Å². The van der Waals surface area contributed by atoms with Crippen LogP contribution in [0.5, 0.6) is 0 Å². The van der Waals surface area contributed by atoms with Crippen LogP contribution in [-0.4, -0.2) is 12.2 Å². The minimum absolute atomic E-state index is 0.0693. The van der Waals surface area contributed by atoms with Gasteiger partial charge in [-0.25, -0.2) is 4.39 Å². The van der Waals surface area contributed by atoms with Crippen molar-refractivity contribution in [2.75, 3.05) is 0 Å². The predicted molar refractivity (Wildman–Crippen MR) is 64.8 cm³/mol. The Bertz CT molecular complexity index is 397.